The monoisotopic (exact) mass is 279 g/mol. The minimum Gasteiger partial charge on any atom is -0.493 e. The van der Waals surface area contributed by atoms with E-state index in [1.165, 1.54) is 0 Å². The van der Waals surface area contributed by atoms with Crippen molar-refractivity contribution >= 4 is 11.3 Å². The Balaban J connectivity index is 2.11. The number of benzene rings is 1. The molecule has 1 aromatic heterocycles. The summed E-state index contributed by atoms with van der Waals surface area (Å²) in [6, 6.07) is 5.44. The quantitative estimate of drug-likeness (QED) is 0.913. The van der Waals surface area contributed by atoms with Crippen LogP contribution in [0.1, 0.15) is 28.5 Å². The van der Waals surface area contributed by atoms with Gasteiger partial charge in [0.15, 0.2) is 11.5 Å². The lowest BCUT2D eigenvalue weighted by Gasteiger charge is -2.12. The van der Waals surface area contributed by atoms with Crippen LogP contribution in [-0.2, 0) is 6.61 Å². The zero-order valence-corrected chi connectivity index (χ0v) is 12.0. The molecule has 1 atom stereocenters. The first-order valence-electron chi connectivity index (χ1n) is 6.00. The average Bonchev–Trinajstić information content (AvgIpc) is 2.81. The largest absolute Gasteiger partial charge is 0.493 e. The maximum absolute atomic E-state index is 9.54. The lowest BCUT2D eigenvalue weighted by molar-refractivity contribution is 0.198. The number of hydrogen-bond donors (Lipinski definition) is 1. The molecule has 1 N–H and O–H groups in total. The van der Waals surface area contributed by atoms with E-state index in [-0.39, 0.29) is 0 Å². The minimum atomic E-state index is -0.521. The molecule has 0 saturated carbocycles. The molecular weight excluding hydrogens is 262 g/mol. The molecule has 4 nitrogen and oxygen atoms in total. The third kappa shape index (κ3) is 3.45. The van der Waals surface area contributed by atoms with Gasteiger partial charge >= 0.3 is 0 Å². The molecule has 19 heavy (non-hydrogen) atoms. The van der Waals surface area contributed by atoms with E-state index in [1.54, 1.807) is 31.4 Å². The molecule has 0 radical (unpaired) electrons. The number of hydrogen-bond acceptors (Lipinski definition) is 5. The van der Waals surface area contributed by atoms with Gasteiger partial charge < -0.3 is 14.6 Å². The van der Waals surface area contributed by atoms with Crippen LogP contribution in [0.4, 0.5) is 0 Å². The van der Waals surface area contributed by atoms with Gasteiger partial charge in [-0.25, -0.2) is 4.98 Å². The van der Waals surface area contributed by atoms with Crippen molar-refractivity contribution in [3.8, 4) is 11.5 Å². The standard InChI is InChI=1S/C14H17NO3S/c1-9(16)11-4-5-13(14(6-11)17-3)18-8-12-7-15-10(2)19-12/h4-7,9,16H,8H2,1-3H3/t9-/m1/s1. The van der Waals surface area contributed by atoms with E-state index in [9.17, 15) is 5.11 Å². The maximum Gasteiger partial charge on any atom is 0.161 e. The van der Waals surface area contributed by atoms with Crippen LogP contribution in [0.3, 0.4) is 0 Å². The van der Waals surface area contributed by atoms with Crippen LogP contribution in [0.2, 0.25) is 0 Å². The second-order valence-corrected chi connectivity index (χ2v) is 5.54. The number of aryl methyl sites for hydroxylation is 1. The highest BCUT2D eigenvalue weighted by Crippen LogP contribution is 2.31. The van der Waals surface area contributed by atoms with Gasteiger partial charge in [0.05, 0.1) is 23.1 Å². The van der Waals surface area contributed by atoms with Crippen molar-refractivity contribution in [2.75, 3.05) is 7.11 Å². The summed E-state index contributed by atoms with van der Waals surface area (Å²) in [5, 5.41) is 10.6. The Morgan fingerprint density at radius 1 is 1.37 bits per heavy atom. The zero-order chi connectivity index (χ0) is 13.8. The molecule has 2 aromatic rings. The minimum absolute atomic E-state index is 0.468. The van der Waals surface area contributed by atoms with Gasteiger partial charge in [-0.2, -0.15) is 0 Å². The van der Waals surface area contributed by atoms with Gasteiger partial charge in [0.25, 0.3) is 0 Å². The predicted molar refractivity (Wildman–Crippen MR) is 74.8 cm³/mol. The second kappa shape index (κ2) is 6.04. The summed E-state index contributed by atoms with van der Waals surface area (Å²) >= 11 is 1.61. The highest BCUT2D eigenvalue weighted by Gasteiger charge is 2.09. The summed E-state index contributed by atoms with van der Waals surface area (Å²) in [6.45, 7) is 4.15. The molecule has 0 aliphatic heterocycles. The molecule has 0 aliphatic carbocycles. The van der Waals surface area contributed by atoms with Gasteiger partial charge in [-0.3, -0.25) is 0 Å². The molecule has 2 rings (SSSR count). The van der Waals surface area contributed by atoms with Gasteiger partial charge in [-0.05, 0) is 31.5 Å². The molecule has 1 heterocycles. The molecule has 0 saturated heterocycles. The fourth-order valence-corrected chi connectivity index (χ4v) is 2.39. The molecule has 1 aromatic carbocycles. The first kappa shape index (κ1) is 13.8. The number of aliphatic hydroxyl groups excluding tert-OH is 1. The van der Waals surface area contributed by atoms with Crippen molar-refractivity contribution in [2.45, 2.75) is 26.6 Å². The maximum atomic E-state index is 9.54. The molecule has 0 spiro atoms. The van der Waals surface area contributed by atoms with Crippen LogP contribution in [0, 0.1) is 6.92 Å². The smallest absolute Gasteiger partial charge is 0.161 e. The van der Waals surface area contributed by atoms with Crippen LogP contribution in [0.5, 0.6) is 11.5 Å². The molecule has 0 bridgehead atoms. The van der Waals surface area contributed by atoms with Gasteiger partial charge in [0, 0.05) is 6.20 Å². The molecule has 0 fully saturated rings. The molecule has 0 amide bonds. The van der Waals surface area contributed by atoms with Crippen molar-refractivity contribution < 1.29 is 14.6 Å². The summed E-state index contributed by atoms with van der Waals surface area (Å²) in [7, 11) is 1.59. The number of rotatable bonds is 5. The second-order valence-electron chi connectivity index (χ2n) is 4.22. The van der Waals surface area contributed by atoms with Crippen LogP contribution < -0.4 is 9.47 Å². The summed E-state index contributed by atoms with van der Waals surface area (Å²) in [5.41, 5.74) is 0.804. The third-order valence-corrected chi connectivity index (χ3v) is 3.60. The highest BCUT2D eigenvalue weighted by molar-refractivity contribution is 7.11. The Labute approximate surface area is 116 Å². The van der Waals surface area contributed by atoms with Crippen molar-refractivity contribution in [3.05, 3.63) is 39.8 Å². The Hall–Kier alpha value is -1.59. The lowest BCUT2D eigenvalue weighted by Crippen LogP contribution is -1.98. The third-order valence-electron chi connectivity index (χ3n) is 2.71. The Kier molecular flexibility index (Phi) is 4.39. The van der Waals surface area contributed by atoms with Crippen molar-refractivity contribution in [1.82, 2.24) is 4.98 Å². The normalized spacial score (nSPS) is 12.2. The van der Waals surface area contributed by atoms with E-state index < -0.39 is 6.10 Å². The van der Waals surface area contributed by atoms with Crippen LogP contribution in [-0.4, -0.2) is 17.2 Å². The Morgan fingerprint density at radius 2 is 2.16 bits per heavy atom. The number of aliphatic hydroxyl groups is 1. The Bertz CT molecular complexity index is 551. The van der Waals surface area contributed by atoms with Gasteiger partial charge in [0.1, 0.15) is 6.61 Å². The molecule has 102 valence electrons. The molecule has 0 unspecified atom stereocenters. The fourth-order valence-electron chi connectivity index (χ4n) is 1.68. The zero-order valence-electron chi connectivity index (χ0n) is 11.2. The first-order chi connectivity index (χ1) is 9.10. The topological polar surface area (TPSA) is 51.6 Å². The number of ether oxygens (including phenoxy) is 2. The fraction of sp³-hybridized carbons (Fsp3) is 0.357. The number of aromatic nitrogens is 1. The van der Waals surface area contributed by atoms with Gasteiger partial charge in [0.2, 0.25) is 0 Å². The van der Waals surface area contributed by atoms with E-state index in [1.807, 2.05) is 25.3 Å². The molecule has 5 heteroatoms. The van der Waals surface area contributed by atoms with E-state index in [2.05, 4.69) is 4.98 Å². The number of thiazole rings is 1. The first-order valence-corrected chi connectivity index (χ1v) is 6.82. The van der Waals surface area contributed by atoms with E-state index in [0.29, 0.717) is 18.1 Å². The number of methoxy groups -OCH3 is 1. The summed E-state index contributed by atoms with van der Waals surface area (Å²) < 4.78 is 11.0. The van der Waals surface area contributed by atoms with Crippen molar-refractivity contribution in [3.63, 3.8) is 0 Å². The molecular formula is C14H17NO3S. The van der Waals surface area contributed by atoms with E-state index >= 15 is 0 Å². The lowest BCUT2D eigenvalue weighted by atomic mass is 10.1. The van der Waals surface area contributed by atoms with Crippen LogP contribution in [0.25, 0.3) is 0 Å². The van der Waals surface area contributed by atoms with Crippen molar-refractivity contribution in [1.29, 1.82) is 0 Å². The van der Waals surface area contributed by atoms with Gasteiger partial charge in [-0.1, -0.05) is 6.07 Å². The predicted octanol–water partition coefficient (Wildman–Crippen LogP) is 3.09. The average molecular weight is 279 g/mol. The van der Waals surface area contributed by atoms with E-state index in [4.69, 9.17) is 9.47 Å². The van der Waals surface area contributed by atoms with Gasteiger partial charge in [-0.15, -0.1) is 11.3 Å². The van der Waals surface area contributed by atoms with Crippen LogP contribution in [0.15, 0.2) is 24.4 Å². The Morgan fingerprint density at radius 3 is 2.74 bits per heavy atom. The molecule has 0 aliphatic rings. The summed E-state index contributed by atoms with van der Waals surface area (Å²) in [5.74, 6) is 1.29. The summed E-state index contributed by atoms with van der Waals surface area (Å²) in [6.07, 6.45) is 1.29. The number of nitrogens with zero attached hydrogens (tertiary/aromatic N) is 1. The SMILES string of the molecule is COc1cc([C@@H](C)O)ccc1OCc1cnc(C)s1. The van der Waals surface area contributed by atoms with Crippen molar-refractivity contribution in [2.24, 2.45) is 0 Å². The summed E-state index contributed by atoms with van der Waals surface area (Å²) in [4.78, 5) is 5.25. The highest BCUT2D eigenvalue weighted by atomic mass is 32.1. The van der Waals surface area contributed by atoms with E-state index in [0.717, 1.165) is 15.4 Å². The van der Waals surface area contributed by atoms with Crippen LogP contribution >= 0.6 is 11.3 Å².